The lowest BCUT2D eigenvalue weighted by Gasteiger charge is -2.27. The third-order valence-corrected chi connectivity index (χ3v) is 2.48. The van der Waals surface area contributed by atoms with E-state index < -0.39 is 0 Å². The molecular weight excluding hydrogens is 218 g/mol. The smallest absolute Gasteiger partial charge is 0.205 e. The summed E-state index contributed by atoms with van der Waals surface area (Å²) in [7, 11) is 1.57. The van der Waals surface area contributed by atoms with Gasteiger partial charge in [0.15, 0.2) is 11.6 Å². The number of nitrogens with two attached hydrogens (primary N) is 1. The van der Waals surface area contributed by atoms with Crippen LogP contribution in [0, 0.1) is 0 Å². The van der Waals surface area contributed by atoms with Gasteiger partial charge in [0.25, 0.3) is 0 Å². The fourth-order valence-electron chi connectivity index (χ4n) is 1.77. The first kappa shape index (κ1) is 13.5. The highest BCUT2D eigenvalue weighted by atomic mass is 16.5. The summed E-state index contributed by atoms with van der Waals surface area (Å²) in [6.45, 7) is 6.38. The summed E-state index contributed by atoms with van der Waals surface area (Å²) in [5.74, 6) is 7.01. The molecule has 0 aliphatic rings. The van der Waals surface area contributed by atoms with Gasteiger partial charge >= 0.3 is 0 Å². The second kappa shape index (κ2) is 5.67. The van der Waals surface area contributed by atoms with Crippen molar-refractivity contribution >= 4 is 11.6 Å². The standard InChI is InChI=1S/C11H21N5O/c1-5-6-11(2,3)15-9-8(17-4)10(16-12)14-7-13-9/h7H,5-6,12H2,1-4H3,(H2,13,14,15,16). The summed E-state index contributed by atoms with van der Waals surface area (Å²) in [5.41, 5.74) is 2.44. The molecule has 1 heterocycles. The van der Waals surface area contributed by atoms with Crippen molar-refractivity contribution in [1.82, 2.24) is 9.97 Å². The summed E-state index contributed by atoms with van der Waals surface area (Å²) in [4.78, 5) is 8.18. The maximum absolute atomic E-state index is 5.37. The first-order valence-corrected chi connectivity index (χ1v) is 5.68. The van der Waals surface area contributed by atoms with Crippen LogP contribution in [-0.2, 0) is 0 Å². The predicted molar refractivity (Wildman–Crippen MR) is 69.0 cm³/mol. The molecule has 96 valence electrons. The quantitative estimate of drug-likeness (QED) is 0.518. The molecule has 4 N–H and O–H groups in total. The summed E-state index contributed by atoms with van der Waals surface area (Å²) in [5, 5.41) is 3.34. The number of hydrazine groups is 1. The monoisotopic (exact) mass is 239 g/mol. The first-order valence-electron chi connectivity index (χ1n) is 5.68. The van der Waals surface area contributed by atoms with E-state index in [1.54, 1.807) is 7.11 Å². The zero-order valence-electron chi connectivity index (χ0n) is 10.9. The van der Waals surface area contributed by atoms with E-state index in [4.69, 9.17) is 10.6 Å². The largest absolute Gasteiger partial charge is 0.490 e. The van der Waals surface area contributed by atoms with Gasteiger partial charge in [-0.2, -0.15) is 0 Å². The molecule has 0 aromatic carbocycles. The average Bonchev–Trinajstić information content (AvgIpc) is 2.27. The Bertz CT molecular complexity index is 367. The number of nitrogen functional groups attached to an aromatic ring is 1. The lowest BCUT2D eigenvalue weighted by atomic mass is 9.99. The molecule has 0 aliphatic heterocycles. The molecule has 6 heteroatoms. The topological polar surface area (TPSA) is 85.1 Å². The van der Waals surface area contributed by atoms with Crippen LogP contribution in [0.5, 0.6) is 5.75 Å². The van der Waals surface area contributed by atoms with Crippen LogP contribution in [0.2, 0.25) is 0 Å². The molecule has 6 nitrogen and oxygen atoms in total. The van der Waals surface area contributed by atoms with E-state index in [9.17, 15) is 0 Å². The van der Waals surface area contributed by atoms with Crippen molar-refractivity contribution in [1.29, 1.82) is 0 Å². The molecular formula is C11H21N5O. The third-order valence-electron chi connectivity index (χ3n) is 2.48. The van der Waals surface area contributed by atoms with Gasteiger partial charge in [0.05, 0.1) is 7.11 Å². The number of methoxy groups -OCH3 is 1. The second-order valence-electron chi connectivity index (χ2n) is 4.51. The van der Waals surface area contributed by atoms with Crippen molar-refractivity contribution < 1.29 is 4.74 Å². The Morgan fingerprint density at radius 3 is 2.53 bits per heavy atom. The van der Waals surface area contributed by atoms with Crippen molar-refractivity contribution in [2.45, 2.75) is 39.2 Å². The first-order chi connectivity index (χ1) is 8.04. The Balaban J connectivity index is 2.98. The van der Waals surface area contributed by atoms with Gasteiger partial charge in [-0.3, -0.25) is 0 Å². The van der Waals surface area contributed by atoms with Gasteiger partial charge in [-0.05, 0) is 20.3 Å². The molecule has 1 aromatic heterocycles. The number of hydrogen-bond donors (Lipinski definition) is 3. The van der Waals surface area contributed by atoms with Crippen molar-refractivity contribution in [2.24, 2.45) is 5.84 Å². The van der Waals surface area contributed by atoms with Gasteiger partial charge in [-0.1, -0.05) is 13.3 Å². The third kappa shape index (κ3) is 3.45. The molecule has 1 aromatic rings. The van der Waals surface area contributed by atoms with E-state index in [2.05, 4.69) is 41.5 Å². The lowest BCUT2D eigenvalue weighted by molar-refractivity contribution is 0.411. The van der Waals surface area contributed by atoms with E-state index in [0.717, 1.165) is 12.8 Å². The van der Waals surface area contributed by atoms with Gasteiger partial charge in [0.2, 0.25) is 5.75 Å². The number of nitrogens with zero attached hydrogens (tertiary/aromatic N) is 2. The Hall–Kier alpha value is -1.56. The minimum absolute atomic E-state index is 0.0533. The van der Waals surface area contributed by atoms with Crippen molar-refractivity contribution in [3.8, 4) is 5.75 Å². The minimum atomic E-state index is -0.0533. The lowest BCUT2D eigenvalue weighted by Crippen LogP contribution is -2.31. The van der Waals surface area contributed by atoms with Crippen molar-refractivity contribution in [3.63, 3.8) is 0 Å². The van der Waals surface area contributed by atoms with Crippen LogP contribution in [0.3, 0.4) is 0 Å². The number of ether oxygens (including phenoxy) is 1. The Morgan fingerprint density at radius 2 is 2.00 bits per heavy atom. The number of anilines is 2. The van der Waals surface area contributed by atoms with Crippen molar-refractivity contribution in [3.05, 3.63) is 6.33 Å². The molecule has 0 amide bonds. The fraction of sp³-hybridized carbons (Fsp3) is 0.636. The minimum Gasteiger partial charge on any atom is -0.490 e. The number of nitrogens with one attached hydrogen (secondary N) is 2. The van der Waals surface area contributed by atoms with Gasteiger partial charge in [-0.15, -0.1) is 0 Å². The van der Waals surface area contributed by atoms with Crippen LogP contribution in [0.25, 0.3) is 0 Å². The molecule has 0 radical (unpaired) electrons. The molecule has 0 unspecified atom stereocenters. The Morgan fingerprint density at radius 1 is 1.35 bits per heavy atom. The van der Waals surface area contributed by atoms with E-state index in [0.29, 0.717) is 17.4 Å². The molecule has 0 fully saturated rings. The maximum Gasteiger partial charge on any atom is 0.205 e. The number of hydrogen-bond acceptors (Lipinski definition) is 6. The molecule has 0 bridgehead atoms. The van der Waals surface area contributed by atoms with E-state index in [1.165, 1.54) is 6.33 Å². The van der Waals surface area contributed by atoms with Crippen LogP contribution in [-0.4, -0.2) is 22.6 Å². The Kier molecular flexibility index (Phi) is 4.51. The second-order valence-corrected chi connectivity index (χ2v) is 4.51. The highest BCUT2D eigenvalue weighted by molar-refractivity contribution is 5.63. The normalized spacial score (nSPS) is 11.1. The Labute approximate surface area is 102 Å². The van der Waals surface area contributed by atoms with Crippen LogP contribution in [0.15, 0.2) is 6.33 Å². The molecule has 0 spiro atoms. The van der Waals surface area contributed by atoms with Crippen LogP contribution >= 0.6 is 0 Å². The molecule has 1 rings (SSSR count). The van der Waals surface area contributed by atoms with Crippen LogP contribution in [0.1, 0.15) is 33.6 Å². The fourth-order valence-corrected chi connectivity index (χ4v) is 1.77. The van der Waals surface area contributed by atoms with Gasteiger partial charge in [-0.25, -0.2) is 15.8 Å². The predicted octanol–water partition coefficient (Wildman–Crippen LogP) is 1.76. The molecule has 0 saturated carbocycles. The van der Waals surface area contributed by atoms with Gasteiger partial charge in [0, 0.05) is 5.54 Å². The summed E-state index contributed by atoms with van der Waals surface area (Å²) >= 11 is 0. The van der Waals surface area contributed by atoms with Crippen LogP contribution < -0.4 is 21.3 Å². The average molecular weight is 239 g/mol. The molecule has 0 atom stereocenters. The molecule has 0 aliphatic carbocycles. The van der Waals surface area contributed by atoms with Gasteiger partial charge < -0.3 is 15.5 Å². The molecule has 17 heavy (non-hydrogen) atoms. The molecule has 0 saturated heterocycles. The zero-order chi connectivity index (χ0) is 12.9. The maximum atomic E-state index is 5.37. The highest BCUT2D eigenvalue weighted by Crippen LogP contribution is 2.31. The summed E-state index contributed by atoms with van der Waals surface area (Å²) < 4.78 is 5.26. The van der Waals surface area contributed by atoms with Crippen LogP contribution in [0.4, 0.5) is 11.6 Å². The highest BCUT2D eigenvalue weighted by Gasteiger charge is 2.20. The number of aromatic nitrogens is 2. The summed E-state index contributed by atoms with van der Waals surface area (Å²) in [6, 6.07) is 0. The number of rotatable bonds is 6. The SMILES string of the molecule is CCCC(C)(C)Nc1ncnc(NN)c1OC. The van der Waals surface area contributed by atoms with E-state index in [-0.39, 0.29) is 5.54 Å². The van der Waals surface area contributed by atoms with E-state index >= 15 is 0 Å². The summed E-state index contributed by atoms with van der Waals surface area (Å²) in [6.07, 6.45) is 3.57. The van der Waals surface area contributed by atoms with E-state index in [1.807, 2.05) is 0 Å². The van der Waals surface area contributed by atoms with Crippen molar-refractivity contribution in [2.75, 3.05) is 17.9 Å². The van der Waals surface area contributed by atoms with Gasteiger partial charge in [0.1, 0.15) is 6.33 Å². The zero-order valence-corrected chi connectivity index (χ0v) is 10.9.